The van der Waals surface area contributed by atoms with Crippen molar-refractivity contribution in [3.05, 3.63) is 22.1 Å². The molecule has 0 saturated carbocycles. The molecule has 0 spiro atoms. The summed E-state index contributed by atoms with van der Waals surface area (Å²) in [4.78, 5) is 13.5. The molecule has 0 aromatic carbocycles. The van der Waals surface area contributed by atoms with Gasteiger partial charge in [-0.05, 0) is 29.8 Å². The fraction of sp³-hybridized carbons (Fsp3) is 0.588. The molecule has 2 fully saturated rings. The molecule has 4 heterocycles. The number of hydrogen-bond acceptors (Lipinski definition) is 9. The first-order valence-corrected chi connectivity index (χ1v) is 11.6. The summed E-state index contributed by atoms with van der Waals surface area (Å²) in [5, 5.41) is 3.78. The Kier molecular flexibility index (Phi) is 5.78. The minimum absolute atomic E-state index is 0.170. The number of halogens is 1. The van der Waals surface area contributed by atoms with Crippen molar-refractivity contribution in [3.8, 4) is 0 Å². The van der Waals surface area contributed by atoms with Crippen molar-refractivity contribution < 1.29 is 17.7 Å². The summed E-state index contributed by atoms with van der Waals surface area (Å²) in [5.41, 5.74) is 0.388. The first kappa shape index (κ1) is 20.5. The zero-order valence-corrected chi connectivity index (χ0v) is 18.7. The summed E-state index contributed by atoms with van der Waals surface area (Å²) < 4.78 is 38.7. The van der Waals surface area contributed by atoms with Crippen LogP contribution < -0.4 is 9.80 Å². The lowest BCUT2D eigenvalue weighted by molar-refractivity contribution is 0.122. The Bertz CT molecular complexity index is 964. The van der Waals surface area contributed by atoms with Crippen molar-refractivity contribution in [1.82, 2.24) is 19.4 Å². The lowest BCUT2D eigenvalue weighted by Crippen LogP contribution is -2.49. The normalized spacial score (nSPS) is 19.0. The highest BCUT2D eigenvalue weighted by Crippen LogP contribution is 2.29. The van der Waals surface area contributed by atoms with Gasteiger partial charge in [0.25, 0.3) is 0 Å². The Balaban J connectivity index is 1.50. The van der Waals surface area contributed by atoms with Gasteiger partial charge in [0.15, 0.2) is 5.76 Å². The van der Waals surface area contributed by atoms with E-state index in [0.29, 0.717) is 56.8 Å². The molecule has 0 N–H and O–H groups in total. The number of piperazine rings is 1. The quantitative estimate of drug-likeness (QED) is 0.629. The van der Waals surface area contributed by atoms with E-state index in [4.69, 9.17) is 14.2 Å². The highest BCUT2D eigenvalue weighted by molar-refractivity contribution is 9.10. The molecule has 4 rings (SSSR count). The second-order valence-corrected chi connectivity index (χ2v) is 9.71. The lowest BCUT2D eigenvalue weighted by atomic mass is 10.3. The van der Waals surface area contributed by atoms with Gasteiger partial charge < -0.3 is 19.1 Å². The van der Waals surface area contributed by atoms with E-state index in [9.17, 15) is 8.42 Å². The Labute approximate surface area is 178 Å². The summed E-state index contributed by atoms with van der Waals surface area (Å²) in [6.45, 7) is 7.86. The summed E-state index contributed by atoms with van der Waals surface area (Å²) in [7, 11) is -3.64. The number of nitrogens with zero attached hydrogens (tertiary/aromatic N) is 6. The summed E-state index contributed by atoms with van der Waals surface area (Å²) in [6.07, 6.45) is 1.75. The van der Waals surface area contributed by atoms with Gasteiger partial charge in [-0.25, -0.2) is 13.4 Å². The minimum atomic E-state index is -3.64. The van der Waals surface area contributed by atoms with E-state index >= 15 is 0 Å². The summed E-state index contributed by atoms with van der Waals surface area (Å²) in [5.74, 6) is 1.76. The van der Waals surface area contributed by atoms with Gasteiger partial charge >= 0.3 is 0 Å². The van der Waals surface area contributed by atoms with Crippen LogP contribution in [0.25, 0.3) is 0 Å². The predicted molar refractivity (Wildman–Crippen MR) is 110 cm³/mol. The van der Waals surface area contributed by atoms with Crippen molar-refractivity contribution in [2.24, 2.45) is 0 Å². The predicted octanol–water partition coefficient (Wildman–Crippen LogP) is 1.19. The smallest absolute Gasteiger partial charge is 0.248 e. The van der Waals surface area contributed by atoms with Gasteiger partial charge in [0, 0.05) is 45.5 Å². The largest absolute Gasteiger partial charge is 0.378 e. The molecule has 158 valence electrons. The molecule has 0 aliphatic carbocycles. The van der Waals surface area contributed by atoms with E-state index in [1.165, 1.54) is 4.31 Å². The highest BCUT2D eigenvalue weighted by Gasteiger charge is 2.34. The van der Waals surface area contributed by atoms with Crippen molar-refractivity contribution in [3.63, 3.8) is 0 Å². The molecule has 2 saturated heterocycles. The molecule has 29 heavy (non-hydrogen) atoms. The maximum Gasteiger partial charge on any atom is 0.248 e. The molecule has 2 aromatic heterocycles. The van der Waals surface area contributed by atoms with Gasteiger partial charge in [0.05, 0.1) is 17.7 Å². The van der Waals surface area contributed by atoms with Crippen LogP contribution in [0.4, 0.5) is 11.8 Å². The van der Waals surface area contributed by atoms with E-state index in [2.05, 4.69) is 35.9 Å². The number of aryl methyl sites for hydroxylation is 2. The second kappa shape index (κ2) is 8.17. The molecule has 10 nitrogen and oxygen atoms in total. The van der Waals surface area contributed by atoms with Crippen molar-refractivity contribution in [1.29, 1.82) is 0 Å². The number of ether oxygens (including phenoxy) is 1. The number of rotatable bonds is 4. The third-order valence-electron chi connectivity index (χ3n) is 5.11. The van der Waals surface area contributed by atoms with Gasteiger partial charge in [-0.2, -0.15) is 9.29 Å². The van der Waals surface area contributed by atoms with E-state index in [1.807, 2.05) is 0 Å². The minimum Gasteiger partial charge on any atom is -0.378 e. The maximum absolute atomic E-state index is 13.0. The molecular weight excluding hydrogens is 464 g/mol. The van der Waals surface area contributed by atoms with Crippen molar-refractivity contribution in [2.45, 2.75) is 18.7 Å². The molecule has 12 heteroatoms. The van der Waals surface area contributed by atoms with E-state index in [1.54, 1.807) is 20.0 Å². The molecule has 2 aliphatic rings. The van der Waals surface area contributed by atoms with Crippen LogP contribution in [-0.2, 0) is 14.8 Å². The van der Waals surface area contributed by atoms with Crippen LogP contribution in [-0.4, -0.2) is 80.3 Å². The monoisotopic (exact) mass is 486 g/mol. The van der Waals surface area contributed by atoms with Crippen LogP contribution >= 0.6 is 15.9 Å². The summed E-state index contributed by atoms with van der Waals surface area (Å²) in [6, 6.07) is 0. The van der Waals surface area contributed by atoms with Gasteiger partial charge in [0.1, 0.15) is 16.4 Å². The van der Waals surface area contributed by atoms with Crippen LogP contribution in [0.5, 0.6) is 0 Å². The number of anilines is 2. The van der Waals surface area contributed by atoms with E-state index < -0.39 is 10.0 Å². The number of sulfonamides is 1. The van der Waals surface area contributed by atoms with Crippen LogP contribution in [0.1, 0.15) is 11.5 Å². The molecule has 2 aliphatic heterocycles. The second-order valence-electron chi connectivity index (χ2n) is 6.99. The SMILES string of the molecule is Cc1noc(C)c1S(=O)(=O)N1CCN(c2nc(N3CCOCC3)ncc2Br)CC1. The van der Waals surface area contributed by atoms with Gasteiger partial charge in [0.2, 0.25) is 16.0 Å². The number of aromatic nitrogens is 3. The van der Waals surface area contributed by atoms with Gasteiger partial charge in [-0.3, -0.25) is 0 Å². The average molecular weight is 487 g/mol. The first-order chi connectivity index (χ1) is 13.9. The van der Waals surface area contributed by atoms with Crippen LogP contribution in [0.15, 0.2) is 20.1 Å². The lowest BCUT2D eigenvalue weighted by Gasteiger charge is -2.35. The fourth-order valence-corrected chi connectivity index (χ4v) is 5.75. The van der Waals surface area contributed by atoms with Crippen LogP contribution in [0.2, 0.25) is 0 Å². The molecule has 0 unspecified atom stereocenters. The van der Waals surface area contributed by atoms with E-state index in [-0.39, 0.29) is 4.90 Å². The average Bonchev–Trinajstić information content (AvgIpc) is 3.08. The van der Waals surface area contributed by atoms with Crippen LogP contribution in [0, 0.1) is 13.8 Å². The third-order valence-corrected chi connectivity index (χ3v) is 7.81. The zero-order chi connectivity index (χ0) is 20.6. The topological polar surface area (TPSA) is 105 Å². The molecule has 2 aromatic rings. The standard InChI is InChI=1S/C17H23BrN6O4S/c1-12-15(13(2)28-21-12)29(25,26)24-5-3-22(4-6-24)16-14(18)11-19-17(20-16)23-7-9-27-10-8-23/h11H,3-10H2,1-2H3. The number of morpholine rings is 1. The zero-order valence-electron chi connectivity index (χ0n) is 16.3. The molecule has 0 bridgehead atoms. The molecule has 0 atom stereocenters. The van der Waals surface area contributed by atoms with Gasteiger partial charge in [-0.15, -0.1) is 0 Å². The van der Waals surface area contributed by atoms with E-state index in [0.717, 1.165) is 23.4 Å². The van der Waals surface area contributed by atoms with Gasteiger partial charge in [-0.1, -0.05) is 5.16 Å². The van der Waals surface area contributed by atoms with Crippen LogP contribution in [0.3, 0.4) is 0 Å². The third kappa shape index (κ3) is 3.98. The fourth-order valence-electron chi connectivity index (χ4n) is 3.60. The van der Waals surface area contributed by atoms with Crippen molar-refractivity contribution in [2.75, 3.05) is 62.3 Å². The number of hydrogen-bond donors (Lipinski definition) is 0. The summed E-state index contributed by atoms with van der Waals surface area (Å²) >= 11 is 3.53. The Hall–Kier alpha value is -1.76. The Morgan fingerprint density at radius 1 is 1.03 bits per heavy atom. The molecule has 0 amide bonds. The molecular formula is C17H23BrN6O4S. The van der Waals surface area contributed by atoms with Crippen molar-refractivity contribution >= 4 is 37.7 Å². The Morgan fingerprint density at radius 3 is 2.34 bits per heavy atom. The maximum atomic E-state index is 13.0. The Morgan fingerprint density at radius 2 is 1.72 bits per heavy atom. The highest BCUT2D eigenvalue weighted by atomic mass is 79.9. The first-order valence-electron chi connectivity index (χ1n) is 9.41. The molecule has 0 radical (unpaired) electrons.